The third kappa shape index (κ3) is 0.971. The zero-order valence-electron chi connectivity index (χ0n) is 5.00. The molecule has 1 rings (SSSR count). The smallest absolute Gasteiger partial charge is 0.126 e. The van der Waals surface area contributed by atoms with Crippen molar-refractivity contribution in [2.75, 3.05) is 0 Å². The quantitative estimate of drug-likeness (QED) is 0.368. The summed E-state index contributed by atoms with van der Waals surface area (Å²) in [6.45, 7) is 2.12. The first-order valence-electron chi connectivity index (χ1n) is 2.96. The largest absolute Gasteiger partial charge is 0.303 e. The van der Waals surface area contributed by atoms with Crippen LogP contribution in [0.1, 0.15) is 13.3 Å². The van der Waals surface area contributed by atoms with E-state index in [-0.39, 0.29) is 5.92 Å². The lowest BCUT2D eigenvalue weighted by molar-refractivity contribution is -0.110. The number of aldehydes is 1. The van der Waals surface area contributed by atoms with E-state index in [2.05, 4.69) is 13.0 Å². The highest BCUT2D eigenvalue weighted by atomic mass is 16.1. The maximum absolute atomic E-state index is 10.1. The van der Waals surface area contributed by atoms with Crippen LogP contribution in [-0.2, 0) is 4.79 Å². The number of carbonyl (C=O) groups is 1. The molecular weight excluding hydrogens is 100 g/mol. The topological polar surface area (TPSA) is 17.1 Å². The van der Waals surface area contributed by atoms with Gasteiger partial charge < -0.3 is 4.79 Å². The molecule has 0 radical (unpaired) electrons. The summed E-state index contributed by atoms with van der Waals surface area (Å²) in [6, 6.07) is 0. The lowest BCUT2D eigenvalue weighted by atomic mass is 10.1. The van der Waals surface area contributed by atoms with E-state index >= 15 is 0 Å². The van der Waals surface area contributed by atoms with Crippen LogP contribution >= 0.6 is 0 Å². The molecule has 2 atom stereocenters. The van der Waals surface area contributed by atoms with Crippen molar-refractivity contribution in [1.29, 1.82) is 0 Å². The van der Waals surface area contributed by atoms with Gasteiger partial charge in [0.2, 0.25) is 0 Å². The maximum Gasteiger partial charge on any atom is 0.126 e. The molecule has 0 saturated heterocycles. The molecule has 44 valence electrons. The van der Waals surface area contributed by atoms with Gasteiger partial charge in [0.05, 0.1) is 0 Å². The van der Waals surface area contributed by atoms with Gasteiger partial charge in [-0.2, -0.15) is 0 Å². The zero-order chi connectivity index (χ0) is 5.98. The Kier molecular flexibility index (Phi) is 1.47. The van der Waals surface area contributed by atoms with Gasteiger partial charge in [-0.1, -0.05) is 19.1 Å². The molecule has 0 aromatic carbocycles. The van der Waals surface area contributed by atoms with Gasteiger partial charge in [-0.3, -0.25) is 0 Å². The summed E-state index contributed by atoms with van der Waals surface area (Å²) in [5.41, 5.74) is 0. The monoisotopic (exact) mass is 110 g/mol. The van der Waals surface area contributed by atoms with Crippen LogP contribution in [0.15, 0.2) is 12.2 Å². The van der Waals surface area contributed by atoms with Crippen molar-refractivity contribution < 1.29 is 4.79 Å². The number of allylic oxidation sites excluding steroid dienone is 2. The Morgan fingerprint density at radius 3 is 2.62 bits per heavy atom. The van der Waals surface area contributed by atoms with Crippen molar-refractivity contribution in [3.63, 3.8) is 0 Å². The van der Waals surface area contributed by atoms with Crippen molar-refractivity contribution in [2.45, 2.75) is 13.3 Å². The molecule has 8 heavy (non-hydrogen) atoms. The Labute approximate surface area is 49.4 Å². The Hall–Kier alpha value is -0.590. The predicted octanol–water partition coefficient (Wildman–Crippen LogP) is 1.40. The van der Waals surface area contributed by atoms with Gasteiger partial charge in [-0.05, 0) is 12.3 Å². The summed E-state index contributed by atoms with van der Waals surface area (Å²) in [5.74, 6) is 0.829. The van der Waals surface area contributed by atoms with E-state index in [1.54, 1.807) is 0 Å². The number of hydrogen-bond acceptors (Lipinski definition) is 1. The van der Waals surface area contributed by atoms with Gasteiger partial charge in [0, 0.05) is 5.92 Å². The molecule has 1 aliphatic carbocycles. The van der Waals surface area contributed by atoms with E-state index in [4.69, 9.17) is 0 Å². The van der Waals surface area contributed by atoms with E-state index in [9.17, 15) is 4.79 Å². The Bertz CT molecular complexity index is 116. The highest BCUT2D eigenvalue weighted by molar-refractivity contribution is 5.57. The lowest BCUT2D eigenvalue weighted by Crippen LogP contribution is -1.94. The normalized spacial score (nSPS) is 35.6. The molecule has 0 amide bonds. The van der Waals surface area contributed by atoms with Gasteiger partial charge in [-0.15, -0.1) is 0 Å². The minimum Gasteiger partial charge on any atom is -0.303 e. The first-order chi connectivity index (χ1) is 3.83. The van der Waals surface area contributed by atoms with Crippen LogP contribution in [0.2, 0.25) is 0 Å². The van der Waals surface area contributed by atoms with Crippen LogP contribution in [0.3, 0.4) is 0 Å². The molecule has 1 heteroatoms. The fourth-order valence-corrected chi connectivity index (χ4v) is 1.02. The Morgan fingerprint density at radius 2 is 2.38 bits per heavy atom. The summed E-state index contributed by atoms with van der Waals surface area (Å²) in [7, 11) is 0. The second kappa shape index (κ2) is 2.12. The average molecular weight is 110 g/mol. The van der Waals surface area contributed by atoms with Crippen molar-refractivity contribution in [1.82, 2.24) is 0 Å². The van der Waals surface area contributed by atoms with E-state index in [1.807, 2.05) is 6.08 Å². The standard InChI is InChI=1S/C7H10O/c1-6-2-3-7(4-6)5-8/h2-3,5-7H,4H2,1H3. The maximum atomic E-state index is 10.1. The minimum atomic E-state index is 0.213. The van der Waals surface area contributed by atoms with Crippen LogP contribution in [0.25, 0.3) is 0 Å². The number of rotatable bonds is 1. The molecule has 0 heterocycles. The molecule has 0 spiro atoms. The second-order valence-corrected chi connectivity index (χ2v) is 2.40. The summed E-state index contributed by atoms with van der Waals surface area (Å²) in [5, 5.41) is 0. The fourth-order valence-electron chi connectivity index (χ4n) is 1.02. The van der Waals surface area contributed by atoms with Gasteiger partial charge >= 0.3 is 0 Å². The van der Waals surface area contributed by atoms with E-state index < -0.39 is 0 Å². The molecule has 0 aromatic rings. The van der Waals surface area contributed by atoms with Crippen molar-refractivity contribution in [3.8, 4) is 0 Å². The van der Waals surface area contributed by atoms with Gasteiger partial charge in [0.15, 0.2) is 0 Å². The number of carbonyl (C=O) groups excluding carboxylic acids is 1. The molecular formula is C7H10O. The second-order valence-electron chi connectivity index (χ2n) is 2.40. The van der Waals surface area contributed by atoms with Gasteiger partial charge in [-0.25, -0.2) is 0 Å². The molecule has 0 N–H and O–H groups in total. The van der Waals surface area contributed by atoms with Crippen LogP contribution in [0, 0.1) is 11.8 Å². The highest BCUT2D eigenvalue weighted by Gasteiger charge is 2.12. The third-order valence-electron chi connectivity index (χ3n) is 1.51. The van der Waals surface area contributed by atoms with Crippen LogP contribution in [-0.4, -0.2) is 6.29 Å². The summed E-state index contributed by atoms with van der Waals surface area (Å²) < 4.78 is 0. The molecule has 0 aliphatic heterocycles. The van der Waals surface area contributed by atoms with Gasteiger partial charge in [0.1, 0.15) is 6.29 Å². The highest BCUT2D eigenvalue weighted by Crippen LogP contribution is 2.20. The fraction of sp³-hybridized carbons (Fsp3) is 0.571. The minimum absolute atomic E-state index is 0.213. The Balaban J connectivity index is 2.45. The van der Waals surface area contributed by atoms with Crippen molar-refractivity contribution in [3.05, 3.63) is 12.2 Å². The number of hydrogen-bond donors (Lipinski definition) is 0. The molecule has 2 unspecified atom stereocenters. The first kappa shape index (κ1) is 5.54. The first-order valence-corrected chi connectivity index (χ1v) is 2.96. The average Bonchev–Trinajstić information content (AvgIpc) is 2.14. The summed E-state index contributed by atoms with van der Waals surface area (Å²) in [6.07, 6.45) is 6.11. The summed E-state index contributed by atoms with van der Waals surface area (Å²) in [4.78, 5) is 10.1. The van der Waals surface area contributed by atoms with Crippen molar-refractivity contribution in [2.24, 2.45) is 11.8 Å². The van der Waals surface area contributed by atoms with Crippen molar-refractivity contribution >= 4 is 6.29 Å². The molecule has 0 aromatic heterocycles. The zero-order valence-corrected chi connectivity index (χ0v) is 5.00. The Morgan fingerprint density at radius 1 is 1.62 bits per heavy atom. The van der Waals surface area contributed by atoms with E-state index in [0.717, 1.165) is 12.7 Å². The molecule has 1 aliphatic rings. The molecule has 1 nitrogen and oxygen atoms in total. The summed E-state index contributed by atoms with van der Waals surface area (Å²) >= 11 is 0. The molecule has 0 saturated carbocycles. The predicted molar refractivity (Wildman–Crippen MR) is 32.5 cm³/mol. The molecule has 0 bridgehead atoms. The van der Waals surface area contributed by atoms with E-state index in [0.29, 0.717) is 5.92 Å². The SMILES string of the molecule is CC1C=CC(C=O)C1. The lowest BCUT2D eigenvalue weighted by Gasteiger charge is -1.96. The third-order valence-corrected chi connectivity index (χ3v) is 1.51. The van der Waals surface area contributed by atoms with Crippen LogP contribution < -0.4 is 0 Å². The molecule has 0 fully saturated rings. The van der Waals surface area contributed by atoms with Gasteiger partial charge in [0.25, 0.3) is 0 Å². The van der Waals surface area contributed by atoms with Crippen LogP contribution in [0.5, 0.6) is 0 Å². The van der Waals surface area contributed by atoms with E-state index in [1.165, 1.54) is 0 Å². The van der Waals surface area contributed by atoms with Crippen LogP contribution in [0.4, 0.5) is 0 Å².